The lowest BCUT2D eigenvalue weighted by atomic mass is 10.0. The zero-order valence-electron chi connectivity index (χ0n) is 25.9. The van der Waals surface area contributed by atoms with E-state index in [1.807, 2.05) is 0 Å². The van der Waals surface area contributed by atoms with E-state index in [2.05, 4.69) is 10.3 Å². The summed E-state index contributed by atoms with van der Waals surface area (Å²) < 4.78 is 61.2. The Morgan fingerprint density at radius 1 is 0.978 bits per heavy atom. The molecule has 2 heterocycles. The fourth-order valence-corrected chi connectivity index (χ4v) is 4.66. The predicted molar refractivity (Wildman–Crippen MR) is 160 cm³/mol. The van der Waals surface area contributed by atoms with Crippen molar-refractivity contribution in [3.63, 3.8) is 0 Å². The van der Waals surface area contributed by atoms with Gasteiger partial charge in [-0.2, -0.15) is 0 Å². The number of amides is 1. The van der Waals surface area contributed by atoms with Crippen molar-refractivity contribution < 1.29 is 51.6 Å². The minimum absolute atomic E-state index is 0.0793. The number of methoxy groups -OCH3 is 1. The second-order valence-electron chi connectivity index (χ2n) is 10.8. The van der Waals surface area contributed by atoms with Crippen molar-refractivity contribution >= 4 is 17.8 Å². The molecule has 4 atom stereocenters. The van der Waals surface area contributed by atoms with Crippen LogP contribution in [0.1, 0.15) is 50.5 Å². The first-order chi connectivity index (χ1) is 22.0. The summed E-state index contributed by atoms with van der Waals surface area (Å²) in [5.74, 6) is -2.48. The molecule has 1 amide bonds. The van der Waals surface area contributed by atoms with Gasteiger partial charge in [0.25, 0.3) is 5.91 Å². The van der Waals surface area contributed by atoms with Gasteiger partial charge in [0.2, 0.25) is 6.79 Å². The molecule has 1 aromatic heterocycles. The molecule has 0 saturated carbocycles. The number of esters is 2. The van der Waals surface area contributed by atoms with Crippen molar-refractivity contribution in [2.24, 2.45) is 5.92 Å². The van der Waals surface area contributed by atoms with Gasteiger partial charge in [-0.05, 0) is 74.7 Å². The number of carbonyl (C=O) groups excluding carboxylic acids is 3. The Bertz CT molecular complexity index is 1490. The second-order valence-corrected chi connectivity index (χ2v) is 10.8. The van der Waals surface area contributed by atoms with E-state index in [1.54, 1.807) is 20.8 Å². The second kappa shape index (κ2) is 15.9. The minimum atomic E-state index is -1.09. The van der Waals surface area contributed by atoms with Crippen molar-refractivity contribution in [1.82, 2.24) is 10.3 Å². The molecular formula is C33H36F2N2O9. The van der Waals surface area contributed by atoms with Gasteiger partial charge in [-0.15, -0.1) is 0 Å². The van der Waals surface area contributed by atoms with Gasteiger partial charge in [-0.1, -0.05) is 13.8 Å². The number of aromatic nitrogens is 1. The molecule has 46 heavy (non-hydrogen) atoms. The molecule has 1 N–H and O–H groups in total. The number of pyridine rings is 1. The van der Waals surface area contributed by atoms with Gasteiger partial charge in [0.15, 0.2) is 23.3 Å². The van der Waals surface area contributed by atoms with Crippen LogP contribution in [0.25, 0.3) is 0 Å². The van der Waals surface area contributed by atoms with E-state index >= 15 is 0 Å². The van der Waals surface area contributed by atoms with E-state index in [9.17, 15) is 23.2 Å². The molecule has 3 aromatic rings. The first-order valence-corrected chi connectivity index (χ1v) is 14.7. The summed E-state index contributed by atoms with van der Waals surface area (Å²) in [5.41, 5.74) is -0.198. The lowest BCUT2D eigenvalue weighted by Crippen LogP contribution is -2.47. The molecule has 1 fully saturated rings. The zero-order valence-corrected chi connectivity index (χ0v) is 25.9. The molecule has 1 saturated heterocycles. The average Bonchev–Trinajstić information content (AvgIpc) is 3.08. The van der Waals surface area contributed by atoms with Gasteiger partial charge in [0.05, 0.1) is 13.0 Å². The highest BCUT2D eigenvalue weighted by atomic mass is 19.1. The van der Waals surface area contributed by atoms with Gasteiger partial charge >= 0.3 is 11.9 Å². The number of hydrogen-bond donors (Lipinski definition) is 1. The first-order valence-electron chi connectivity index (χ1n) is 14.7. The number of nitrogens with one attached hydrogen (secondary N) is 1. The quantitative estimate of drug-likeness (QED) is 0.225. The van der Waals surface area contributed by atoms with Crippen LogP contribution in [0.15, 0.2) is 60.8 Å². The first kappa shape index (κ1) is 33.9. The van der Waals surface area contributed by atoms with Crippen LogP contribution in [0.5, 0.6) is 23.0 Å². The summed E-state index contributed by atoms with van der Waals surface area (Å²) in [4.78, 5) is 42.8. The Morgan fingerprint density at radius 2 is 1.61 bits per heavy atom. The van der Waals surface area contributed by atoms with E-state index in [0.717, 1.165) is 0 Å². The van der Waals surface area contributed by atoms with Crippen molar-refractivity contribution in [2.45, 2.75) is 64.4 Å². The van der Waals surface area contributed by atoms with Crippen molar-refractivity contribution in [2.75, 3.05) is 13.9 Å². The summed E-state index contributed by atoms with van der Waals surface area (Å²) in [6.45, 7) is 4.45. The van der Waals surface area contributed by atoms with Crippen LogP contribution in [-0.2, 0) is 19.1 Å². The number of hydrogen-bond acceptors (Lipinski definition) is 10. The molecule has 0 radical (unpaired) electrons. The molecular weight excluding hydrogens is 606 g/mol. The van der Waals surface area contributed by atoms with Crippen LogP contribution >= 0.6 is 0 Å². The normalized spacial score (nSPS) is 19.9. The Labute approximate surface area is 265 Å². The van der Waals surface area contributed by atoms with E-state index in [1.165, 1.54) is 67.9 Å². The Hall–Kier alpha value is -4.94. The third-order valence-electron chi connectivity index (χ3n) is 7.07. The average molecular weight is 643 g/mol. The number of cyclic esters (lactones) is 1. The molecule has 1 aliphatic rings. The SMILES string of the molecule is COc1ccnc(C(=O)NC2CCCC(Oc3ccc(F)cc3)C(Oc3ccc(F)cc3)C(C)OC2=O)c1OCOC(=O)C(C)C. The number of ether oxygens (including phenoxy) is 6. The predicted octanol–water partition coefficient (Wildman–Crippen LogP) is 5.01. The molecule has 246 valence electrons. The lowest BCUT2D eigenvalue weighted by molar-refractivity contribution is -0.157. The van der Waals surface area contributed by atoms with Gasteiger partial charge < -0.3 is 33.7 Å². The standard InChI is InChI=1S/C33H36F2N2O9/c1-19(2)32(39)43-18-42-30-26(41-4)16-17-36-28(30)31(38)37-25-6-5-7-27(45-23-12-8-21(34)9-13-23)29(20(3)44-33(25)40)46-24-14-10-22(35)11-15-24/h8-17,19-20,25,27,29H,5-7,18H2,1-4H3,(H,37,38). The van der Waals surface area contributed by atoms with Crippen LogP contribution in [0.4, 0.5) is 8.78 Å². The highest BCUT2D eigenvalue weighted by Crippen LogP contribution is 2.30. The summed E-state index contributed by atoms with van der Waals surface area (Å²) in [6, 6.07) is 11.2. The number of rotatable bonds is 11. The maximum Gasteiger partial charge on any atom is 0.329 e. The van der Waals surface area contributed by atoms with E-state index in [0.29, 0.717) is 24.3 Å². The molecule has 4 rings (SSSR count). The van der Waals surface area contributed by atoms with E-state index < -0.39 is 60.6 Å². The maximum atomic E-state index is 13.6. The van der Waals surface area contributed by atoms with Crippen LogP contribution in [-0.4, -0.2) is 61.1 Å². The van der Waals surface area contributed by atoms with Crippen LogP contribution in [0, 0.1) is 17.6 Å². The fourth-order valence-electron chi connectivity index (χ4n) is 4.66. The summed E-state index contributed by atoms with van der Waals surface area (Å²) in [5, 5.41) is 2.67. The summed E-state index contributed by atoms with van der Waals surface area (Å²) in [6.07, 6.45) is -0.213. The summed E-state index contributed by atoms with van der Waals surface area (Å²) in [7, 11) is 1.37. The molecule has 13 heteroatoms. The molecule has 2 aromatic carbocycles. The summed E-state index contributed by atoms with van der Waals surface area (Å²) >= 11 is 0. The smallest absolute Gasteiger partial charge is 0.329 e. The highest BCUT2D eigenvalue weighted by Gasteiger charge is 2.37. The van der Waals surface area contributed by atoms with E-state index in [-0.39, 0.29) is 29.5 Å². The number of nitrogens with zero attached hydrogens (tertiary/aromatic N) is 1. The van der Waals surface area contributed by atoms with Crippen molar-refractivity contribution in [1.29, 1.82) is 0 Å². The Balaban J connectivity index is 1.53. The van der Waals surface area contributed by atoms with E-state index in [4.69, 9.17) is 28.4 Å². The fraction of sp³-hybridized carbons (Fsp3) is 0.394. The van der Waals surface area contributed by atoms with Gasteiger partial charge in [0.1, 0.15) is 41.4 Å². The lowest BCUT2D eigenvalue weighted by Gasteiger charge is -2.31. The zero-order chi connectivity index (χ0) is 33.2. The largest absolute Gasteiger partial charge is 0.493 e. The van der Waals surface area contributed by atoms with Gasteiger partial charge in [0, 0.05) is 12.3 Å². The van der Waals surface area contributed by atoms with Crippen molar-refractivity contribution in [3.05, 3.63) is 78.1 Å². The molecule has 4 unspecified atom stereocenters. The molecule has 0 aliphatic carbocycles. The number of halogens is 2. The van der Waals surface area contributed by atoms with Gasteiger partial charge in [-0.3, -0.25) is 9.59 Å². The molecule has 0 spiro atoms. The van der Waals surface area contributed by atoms with Crippen LogP contribution in [0.2, 0.25) is 0 Å². The Kier molecular flexibility index (Phi) is 11.7. The highest BCUT2D eigenvalue weighted by molar-refractivity contribution is 5.98. The monoisotopic (exact) mass is 642 g/mol. The third-order valence-corrected chi connectivity index (χ3v) is 7.07. The van der Waals surface area contributed by atoms with Gasteiger partial charge in [-0.25, -0.2) is 18.6 Å². The van der Waals surface area contributed by atoms with Crippen LogP contribution < -0.4 is 24.3 Å². The number of carbonyl (C=O) groups is 3. The molecule has 1 aliphatic heterocycles. The Morgan fingerprint density at radius 3 is 2.22 bits per heavy atom. The number of benzene rings is 2. The maximum absolute atomic E-state index is 13.6. The topological polar surface area (TPSA) is 132 Å². The minimum Gasteiger partial charge on any atom is -0.493 e. The van der Waals surface area contributed by atoms with Crippen molar-refractivity contribution in [3.8, 4) is 23.0 Å². The van der Waals surface area contributed by atoms with Crippen LogP contribution in [0.3, 0.4) is 0 Å². The molecule has 11 nitrogen and oxygen atoms in total. The third kappa shape index (κ3) is 9.05. The molecule has 0 bridgehead atoms.